The van der Waals surface area contributed by atoms with Crippen LogP contribution in [0.2, 0.25) is 0 Å². The lowest BCUT2D eigenvalue weighted by atomic mass is 9.92. The Morgan fingerprint density at radius 1 is 0.167 bits per heavy atom. The van der Waals surface area contributed by atoms with E-state index in [9.17, 15) is 0 Å². The van der Waals surface area contributed by atoms with Crippen LogP contribution in [0.1, 0.15) is 0 Å². The van der Waals surface area contributed by atoms with Crippen molar-refractivity contribution in [3.05, 3.63) is 340 Å². The van der Waals surface area contributed by atoms with E-state index in [1.54, 1.807) is 11.3 Å². The molecule has 0 bridgehead atoms. The van der Waals surface area contributed by atoms with Crippen molar-refractivity contribution < 1.29 is 22.1 Å². The van der Waals surface area contributed by atoms with Gasteiger partial charge in [-0.25, -0.2) is 29.9 Å². The Kier molecular flexibility index (Phi) is 14.0. The van der Waals surface area contributed by atoms with Gasteiger partial charge in [-0.15, -0.1) is 11.3 Å². The van der Waals surface area contributed by atoms with E-state index >= 15 is 0 Å². The van der Waals surface area contributed by atoms with E-state index in [2.05, 4.69) is 243 Å². The number of rotatable bonds is 11. The Bertz CT molecular complexity index is 8130. The summed E-state index contributed by atoms with van der Waals surface area (Å²) in [6.45, 7) is 0. The number of nitrogens with zero attached hydrogens (tertiary/aromatic N) is 6. The number of furan rings is 5. The second kappa shape index (κ2) is 25.2. The Morgan fingerprint density at radius 3 is 1.24 bits per heavy atom. The molecule has 0 unspecified atom stereocenters. The van der Waals surface area contributed by atoms with Crippen LogP contribution >= 0.6 is 11.3 Å². The number of aromatic nitrogens is 6. The first-order valence-electron chi connectivity index (χ1n) is 37.9. The number of fused-ring (bicyclic) bond motifs is 18. The molecule has 11 nitrogen and oxygen atoms in total. The van der Waals surface area contributed by atoms with Gasteiger partial charge in [0.1, 0.15) is 55.8 Å². The summed E-state index contributed by atoms with van der Waals surface area (Å²) in [5.41, 5.74) is 23.3. The molecule has 0 spiro atoms. The van der Waals surface area contributed by atoms with Crippen molar-refractivity contribution in [2.75, 3.05) is 0 Å². The summed E-state index contributed by atoms with van der Waals surface area (Å²) in [4.78, 5) is 31.5. The van der Waals surface area contributed by atoms with Crippen LogP contribution in [0.5, 0.6) is 0 Å². The molecule has 0 fully saturated rings. The molecule has 0 atom stereocenters. The van der Waals surface area contributed by atoms with Gasteiger partial charge in [-0.05, 0) is 165 Å². The molecular formula is C102H56N6O5S. The Balaban J connectivity index is 0.578. The van der Waals surface area contributed by atoms with E-state index in [1.165, 1.54) is 14.8 Å². The molecule has 24 rings (SSSR count). The van der Waals surface area contributed by atoms with Crippen molar-refractivity contribution in [1.29, 1.82) is 0 Å². The molecule has 0 aliphatic heterocycles. The van der Waals surface area contributed by atoms with E-state index in [0.717, 1.165) is 193 Å². The molecule has 530 valence electrons. The molecule has 8 aromatic heterocycles. The molecule has 12 heteroatoms. The Labute approximate surface area is 652 Å². The van der Waals surface area contributed by atoms with Crippen molar-refractivity contribution in [3.8, 4) is 124 Å². The fourth-order valence-corrected chi connectivity index (χ4v) is 18.1. The zero-order valence-corrected chi connectivity index (χ0v) is 61.3. The highest BCUT2D eigenvalue weighted by atomic mass is 32.1. The molecule has 0 aliphatic carbocycles. The molecule has 8 heterocycles. The maximum absolute atomic E-state index is 6.76. The Hall–Kier alpha value is -15.2. The van der Waals surface area contributed by atoms with Gasteiger partial charge in [0.15, 0.2) is 34.9 Å². The lowest BCUT2D eigenvalue weighted by molar-refractivity contribution is 0.668. The zero-order valence-electron chi connectivity index (χ0n) is 60.5. The summed E-state index contributed by atoms with van der Waals surface area (Å²) in [6, 6.07) is 118. The number of thiophene rings is 1. The minimum atomic E-state index is 0.482. The van der Waals surface area contributed by atoms with Crippen molar-refractivity contribution >= 4 is 141 Å². The minimum Gasteiger partial charge on any atom is -0.456 e. The average molecular weight is 1480 g/mol. The SMILES string of the molecule is c1ccc(-c2nc(-c3ccc4c(c3)oc3ccc(-c5cc(-c6ccc(-c7cccc(-c8nc(-c9ccc%10c(c9)oc9ccc(-c%11cc(-c%12ccccc%12)c%12oc%13ccccc%13c%12c%11)cc9%10)nc(-c9cccc%10c9oc9ccccc9%10)n8)c7)cc6)c6c(c5)oc5ccccc56)cc34)nc(-c3cccc4sc5ccccc5c34)n2)cc1. The highest BCUT2D eigenvalue weighted by Crippen LogP contribution is 2.47. The van der Waals surface area contributed by atoms with E-state index in [4.69, 9.17) is 52.0 Å². The number of hydrogen-bond acceptors (Lipinski definition) is 12. The van der Waals surface area contributed by atoms with Gasteiger partial charge < -0.3 is 22.1 Å². The van der Waals surface area contributed by atoms with Crippen LogP contribution < -0.4 is 0 Å². The van der Waals surface area contributed by atoms with Crippen LogP contribution in [0.25, 0.3) is 254 Å². The maximum Gasteiger partial charge on any atom is 0.167 e. The van der Waals surface area contributed by atoms with Crippen LogP contribution in [-0.2, 0) is 0 Å². The van der Waals surface area contributed by atoms with Gasteiger partial charge in [-0.2, -0.15) is 0 Å². The largest absolute Gasteiger partial charge is 0.456 e. The molecule has 16 aromatic carbocycles. The summed E-state index contributed by atoms with van der Waals surface area (Å²) in [5, 5.41) is 12.5. The van der Waals surface area contributed by atoms with Crippen molar-refractivity contribution in [3.63, 3.8) is 0 Å². The molecule has 0 radical (unpaired) electrons. The summed E-state index contributed by atoms with van der Waals surface area (Å²) in [5.74, 6) is 3.25. The molecule has 24 aromatic rings. The van der Waals surface area contributed by atoms with Crippen LogP contribution in [0.3, 0.4) is 0 Å². The smallest absolute Gasteiger partial charge is 0.167 e. The monoisotopic (exact) mass is 1480 g/mol. The molecule has 0 N–H and O–H groups in total. The summed E-state index contributed by atoms with van der Waals surface area (Å²) in [6.07, 6.45) is 0. The van der Waals surface area contributed by atoms with Crippen molar-refractivity contribution in [2.24, 2.45) is 0 Å². The van der Waals surface area contributed by atoms with Gasteiger partial charge in [0, 0.05) is 107 Å². The van der Waals surface area contributed by atoms with Crippen LogP contribution in [0.15, 0.2) is 362 Å². The van der Waals surface area contributed by atoms with Crippen molar-refractivity contribution in [2.45, 2.75) is 0 Å². The third kappa shape index (κ3) is 10.4. The second-order valence-electron chi connectivity index (χ2n) is 29.1. The second-order valence-corrected chi connectivity index (χ2v) is 30.2. The van der Waals surface area contributed by atoms with E-state index in [-0.39, 0.29) is 0 Å². The van der Waals surface area contributed by atoms with Crippen LogP contribution in [0.4, 0.5) is 0 Å². The predicted molar refractivity (Wildman–Crippen MR) is 462 cm³/mol. The van der Waals surface area contributed by atoms with E-state index in [0.29, 0.717) is 46.1 Å². The standard InChI is InChI=1S/C102H56N6O5S/c1-3-18-58(19-4-1)79-52-67(53-82-70-25-8-12-32-84(70)113-96(79)82)62-42-46-86-80(49-62)71-45-41-66(55-89(71)109-86)100-104-98(107-102(108-100)77-30-16-28-73-69-24-7-11-31-83(69)112-95(73)77)64-23-15-22-61(48-64)57-36-38-59(39-37-57)78-51-68(56-90-93(78)74-26-9-13-33-85(74)111-90)63-43-47-87-81(50-63)72-44-40-65(54-88(72)110-87)99-103-97(60-20-5-2-6-21-60)105-101(106-99)76-29-17-35-92-94(76)75-27-10-14-34-91(75)114-92/h1-56H. The van der Waals surface area contributed by atoms with Gasteiger partial charge in [-0.3, -0.25) is 0 Å². The highest BCUT2D eigenvalue weighted by Gasteiger charge is 2.25. The highest BCUT2D eigenvalue weighted by molar-refractivity contribution is 7.26. The third-order valence-corrected chi connectivity index (χ3v) is 23.5. The van der Waals surface area contributed by atoms with Crippen LogP contribution in [0, 0.1) is 0 Å². The van der Waals surface area contributed by atoms with Gasteiger partial charge in [0.05, 0.1) is 5.56 Å². The first-order valence-corrected chi connectivity index (χ1v) is 38.7. The molecule has 114 heavy (non-hydrogen) atoms. The summed E-state index contributed by atoms with van der Waals surface area (Å²) >= 11 is 1.78. The number of hydrogen-bond donors (Lipinski definition) is 0. The van der Waals surface area contributed by atoms with Gasteiger partial charge in [0.2, 0.25) is 0 Å². The fourth-order valence-electron chi connectivity index (χ4n) is 16.9. The number of benzene rings is 16. The molecule has 0 amide bonds. The lowest BCUT2D eigenvalue weighted by Gasteiger charge is -2.11. The van der Waals surface area contributed by atoms with Crippen LogP contribution in [-0.4, -0.2) is 29.9 Å². The first kappa shape index (κ1) is 63.7. The maximum atomic E-state index is 6.76. The molecular weight excluding hydrogens is 1420 g/mol. The van der Waals surface area contributed by atoms with Gasteiger partial charge >= 0.3 is 0 Å². The minimum absolute atomic E-state index is 0.482. The summed E-state index contributed by atoms with van der Waals surface area (Å²) in [7, 11) is 0. The normalized spacial score (nSPS) is 12.0. The molecule has 0 aliphatic rings. The summed E-state index contributed by atoms with van der Waals surface area (Å²) < 4.78 is 35.9. The topological polar surface area (TPSA) is 143 Å². The fraction of sp³-hybridized carbons (Fsp3) is 0. The lowest BCUT2D eigenvalue weighted by Crippen LogP contribution is -2.00. The third-order valence-electron chi connectivity index (χ3n) is 22.4. The number of para-hydroxylation sites is 4. The first-order chi connectivity index (χ1) is 56.4. The van der Waals surface area contributed by atoms with Gasteiger partial charge in [0.25, 0.3) is 0 Å². The predicted octanol–water partition coefficient (Wildman–Crippen LogP) is 28.3. The quantitative estimate of drug-likeness (QED) is 0.122. The average Bonchev–Trinajstić information content (AvgIpc) is 1.60. The molecule has 0 saturated carbocycles. The van der Waals surface area contributed by atoms with Crippen molar-refractivity contribution in [1.82, 2.24) is 29.9 Å². The molecule has 0 saturated heterocycles. The van der Waals surface area contributed by atoms with E-state index < -0.39 is 0 Å². The van der Waals surface area contributed by atoms with E-state index in [1.807, 2.05) is 97.1 Å². The Morgan fingerprint density at radius 2 is 0.561 bits per heavy atom. The zero-order chi connectivity index (χ0) is 74.6. The van der Waals surface area contributed by atoms with Gasteiger partial charge in [-0.1, -0.05) is 224 Å².